The molecule has 1 aliphatic rings. The minimum absolute atomic E-state index is 0.0686. The number of hydrogen-bond acceptors (Lipinski definition) is 3. The number of aromatic nitrogens is 2. The van der Waals surface area contributed by atoms with Crippen molar-refractivity contribution in [2.75, 3.05) is 18.5 Å². The molecule has 0 bridgehead atoms. The lowest BCUT2D eigenvalue weighted by molar-refractivity contribution is -0.0355. The van der Waals surface area contributed by atoms with Gasteiger partial charge in [0.1, 0.15) is 0 Å². The number of aryl methyl sites for hydroxylation is 2. The molecule has 2 heterocycles. The fourth-order valence-corrected chi connectivity index (χ4v) is 2.31. The third-order valence-corrected chi connectivity index (χ3v) is 3.63. The predicted molar refractivity (Wildman–Crippen MR) is 73.2 cm³/mol. The first kappa shape index (κ1) is 13.9. The monoisotopic (exact) mass is 266 g/mol. The van der Waals surface area contributed by atoms with Gasteiger partial charge in [0.25, 0.3) is 0 Å². The van der Waals surface area contributed by atoms with E-state index in [1.807, 2.05) is 38.9 Å². The van der Waals surface area contributed by atoms with E-state index < -0.39 is 0 Å². The fraction of sp³-hybridized carbons (Fsp3) is 0.692. The van der Waals surface area contributed by atoms with E-state index in [4.69, 9.17) is 4.74 Å². The van der Waals surface area contributed by atoms with Gasteiger partial charge in [-0.1, -0.05) is 6.92 Å². The molecule has 2 atom stereocenters. The van der Waals surface area contributed by atoms with Crippen molar-refractivity contribution in [3.05, 3.63) is 11.9 Å². The standard InChI is InChI=1S/C13H22N4O2/c1-5-11-12(8-16(4)15-11)14-13(18)17-6-7-19-10(3)9(17)2/h8-10H,5-7H2,1-4H3,(H,14,18)/t9-,10-/m0/s1. The highest BCUT2D eigenvalue weighted by Gasteiger charge is 2.29. The zero-order valence-corrected chi connectivity index (χ0v) is 12.0. The third-order valence-electron chi connectivity index (χ3n) is 3.63. The van der Waals surface area contributed by atoms with Crippen LogP contribution in [0.15, 0.2) is 6.20 Å². The number of nitrogens with zero attached hydrogens (tertiary/aromatic N) is 3. The number of anilines is 1. The molecule has 1 aromatic heterocycles. The minimum atomic E-state index is -0.0784. The topological polar surface area (TPSA) is 59.4 Å². The van der Waals surface area contributed by atoms with Crippen LogP contribution in [0.1, 0.15) is 26.5 Å². The number of carbonyl (C=O) groups is 1. The van der Waals surface area contributed by atoms with Crippen LogP contribution >= 0.6 is 0 Å². The highest BCUT2D eigenvalue weighted by Crippen LogP contribution is 2.18. The maximum atomic E-state index is 12.3. The van der Waals surface area contributed by atoms with Gasteiger partial charge in [0.05, 0.1) is 30.1 Å². The maximum Gasteiger partial charge on any atom is 0.322 e. The largest absolute Gasteiger partial charge is 0.375 e. The van der Waals surface area contributed by atoms with Crippen molar-refractivity contribution >= 4 is 11.7 Å². The zero-order chi connectivity index (χ0) is 14.0. The fourth-order valence-electron chi connectivity index (χ4n) is 2.31. The predicted octanol–water partition coefficient (Wildman–Crippen LogP) is 1.62. The van der Waals surface area contributed by atoms with Crippen molar-refractivity contribution < 1.29 is 9.53 Å². The van der Waals surface area contributed by atoms with Crippen molar-refractivity contribution in [3.8, 4) is 0 Å². The lowest BCUT2D eigenvalue weighted by Gasteiger charge is -2.37. The molecule has 2 rings (SSSR count). The van der Waals surface area contributed by atoms with Gasteiger partial charge in [0, 0.05) is 19.8 Å². The second kappa shape index (κ2) is 5.61. The molecule has 19 heavy (non-hydrogen) atoms. The van der Waals surface area contributed by atoms with E-state index in [1.165, 1.54) is 0 Å². The van der Waals surface area contributed by atoms with Crippen molar-refractivity contribution in [1.82, 2.24) is 14.7 Å². The Balaban J connectivity index is 2.07. The maximum absolute atomic E-state index is 12.3. The second-order valence-corrected chi connectivity index (χ2v) is 4.96. The number of amides is 2. The van der Waals surface area contributed by atoms with Gasteiger partial charge >= 0.3 is 6.03 Å². The molecule has 1 aliphatic heterocycles. The summed E-state index contributed by atoms with van der Waals surface area (Å²) in [5.74, 6) is 0. The molecule has 0 aromatic carbocycles. The van der Waals surface area contributed by atoms with Crippen LogP contribution in [0.25, 0.3) is 0 Å². The molecule has 0 radical (unpaired) electrons. The summed E-state index contributed by atoms with van der Waals surface area (Å²) in [4.78, 5) is 14.1. The molecule has 6 nitrogen and oxygen atoms in total. The van der Waals surface area contributed by atoms with E-state index in [0.29, 0.717) is 13.2 Å². The van der Waals surface area contributed by atoms with Crippen LogP contribution in [0.2, 0.25) is 0 Å². The number of rotatable bonds is 2. The first-order chi connectivity index (χ1) is 9.02. The van der Waals surface area contributed by atoms with Gasteiger partial charge in [-0.2, -0.15) is 5.10 Å². The van der Waals surface area contributed by atoms with Crippen molar-refractivity contribution in [2.45, 2.75) is 39.3 Å². The zero-order valence-electron chi connectivity index (χ0n) is 12.0. The quantitative estimate of drug-likeness (QED) is 0.885. The molecule has 1 N–H and O–H groups in total. The number of ether oxygens (including phenoxy) is 1. The summed E-state index contributed by atoms with van der Waals surface area (Å²) in [6, 6.07) is 0.000785. The second-order valence-electron chi connectivity index (χ2n) is 4.96. The number of carbonyl (C=O) groups excluding carboxylic acids is 1. The van der Waals surface area contributed by atoms with E-state index in [2.05, 4.69) is 10.4 Å². The smallest absolute Gasteiger partial charge is 0.322 e. The molecule has 1 fully saturated rings. The highest BCUT2D eigenvalue weighted by molar-refractivity contribution is 5.90. The van der Waals surface area contributed by atoms with Crippen molar-refractivity contribution in [3.63, 3.8) is 0 Å². The van der Waals surface area contributed by atoms with E-state index in [-0.39, 0.29) is 18.2 Å². The molecule has 1 aromatic rings. The Labute approximate surface area is 113 Å². The van der Waals surface area contributed by atoms with Crippen molar-refractivity contribution in [2.24, 2.45) is 7.05 Å². The summed E-state index contributed by atoms with van der Waals surface area (Å²) >= 11 is 0. The lowest BCUT2D eigenvalue weighted by Crippen LogP contribution is -2.52. The van der Waals surface area contributed by atoms with Crippen LogP contribution in [0.3, 0.4) is 0 Å². The lowest BCUT2D eigenvalue weighted by atomic mass is 10.1. The molecule has 106 valence electrons. The number of urea groups is 1. The average Bonchev–Trinajstić information content (AvgIpc) is 2.72. The Morgan fingerprint density at radius 2 is 2.32 bits per heavy atom. The van der Waals surface area contributed by atoms with Crippen LogP contribution in [0, 0.1) is 0 Å². The van der Waals surface area contributed by atoms with Crippen LogP contribution in [0.5, 0.6) is 0 Å². The Morgan fingerprint density at radius 1 is 1.58 bits per heavy atom. The van der Waals surface area contributed by atoms with Crippen LogP contribution in [-0.2, 0) is 18.2 Å². The summed E-state index contributed by atoms with van der Waals surface area (Å²) in [5, 5.41) is 7.27. The van der Waals surface area contributed by atoms with Crippen molar-refractivity contribution in [1.29, 1.82) is 0 Å². The minimum Gasteiger partial charge on any atom is -0.375 e. The molecular weight excluding hydrogens is 244 g/mol. The number of morpholine rings is 1. The first-order valence-corrected chi connectivity index (χ1v) is 6.74. The summed E-state index contributed by atoms with van der Waals surface area (Å²) in [7, 11) is 1.86. The Bertz CT molecular complexity index is 457. The Kier molecular flexibility index (Phi) is 4.09. The van der Waals surface area contributed by atoms with E-state index in [0.717, 1.165) is 17.8 Å². The van der Waals surface area contributed by atoms with Gasteiger partial charge < -0.3 is 15.0 Å². The molecule has 6 heteroatoms. The van der Waals surface area contributed by atoms with Gasteiger partial charge in [-0.25, -0.2) is 4.79 Å². The van der Waals surface area contributed by atoms with Gasteiger partial charge in [-0.05, 0) is 20.3 Å². The molecule has 0 unspecified atom stereocenters. The van der Waals surface area contributed by atoms with Gasteiger partial charge in [-0.15, -0.1) is 0 Å². The number of nitrogens with one attached hydrogen (secondary N) is 1. The molecule has 0 spiro atoms. The number of hydrogen-bond donors (Lipinski definition) is 1. The summed E-state index contributed by atoms with van der Waals surface area (Å²) in [5.41, 5.74) is 1.70. The van der Waals surface area contributed by atoms with Gasteiger partial charge in [0.2, 0.25) is 0 Å². The van der Waals surface area contributed by atoms with Crippen LogP contribution in [0.4, 0.5) is 10.5 Å². The van der Waals surface area contributed by atoms with Gasteiger partial charge in [0.15, 0.2) is 0 Å². The summed E-state index contributed by atoms with van der Waals surface area (Å²) in [6.45, 7) is 7.24. The summed E-state index contributed by atoms with van der Waals surface area (Å²) in [6.07, 6.45) is 2.70. The Hall–Kier alpha value is -1.56. The molecule has 0 saturated carbocycles. The van der Waals surface area contributed by atoms with E-state index in [1.54, 1.807) is 4.68 Å². The molecular formula is C13H22N4O2. The SMILES string of the molecule is CCc1nn(C)cc1NC(=O)N1CCO[C@@H](C)[C@@H]1C. The summed E-state index contributed by atoms with van der Waals surface area (Å²) < 4.78 is 7.25. The van der Waals surface area contributed by atoms with E-state index in [9.17, 15) is 4.79 Å². The van der Waals surface area contributed by atoms with Crippen LogP contribution in [-0.4, -0.2) is 46.0 Å². The molecule has 2 amide bonds. The molecule has 1 saturated heterocycles. The molecule has 0 aliphatic carbocycles. The first-order valence-electron chi connectivity index (χ1n) is 6.74. The Morgan fingerprint density at radius 3 is 3.00 bits per heavy atom. The van der Waals surface area contributed by atoms with E-state index >= 15 is 0 Å². The van der Waals surface area contributed by atoms with Gasteiger partial charge in [-0.3, -0.25) is 4.68 Å². The highest BCUT2D eigenvalue weighted by atomic mass is 16.5. The average molecular weight is 266 g/mol. The third kappa shape index (κ3) is 2.89. The van der Waals surface area contributed by atoms with Crippen LogP contribution < -0.4 is 5.32 Å². The normalized spacial score (nSPS) is 23.5.